The number of benzene rings is 1. The first-order chi connectivity index (χ1) is 13.2. The molecule has 2 rings (SSSR count). The SMILES string of the molecule is CC(=O)OCOC(=O)c1cccc2c1O[B]C(NC(=O)CCCS(N)(=O)=O)C2. The maximum absolute atomic E-state index is 12.1. The minimum Gasteiger partial charge on any atom is -0.560 e. The van der Waals surface area contributed by atoms with Gasteiger partial charge in [-0.15, -0.1) is 0 Å². The summed E-state index contributed by atoms with van der Waals surface area (Å²) in [5, 5.41) is 7.61. The number of hydrogen-bond acceptors (Lipinski definition) is 8. The van der Waals surface area contributed by atoms with Crippen molar-refractivity contribution in [3.8, 4) is 5.75 Å². The molecule has 1 aliphatic heterocycles. The molecule has 28 heavy (non-hydrogen) atoms. The number of nitrogens with two attached hydrogens (primary N) is 1. The third-order valence-corrected chi connectivity index (χ3v) is 4.60. The molecule has 0 saturated heterocycles. The third kappa shape index (κ3) is 6.85. The molecule has 1 aromatic rings. The largest absolute Gasteiger partial charge is 0.560 e. The minimum absolute atomic E-state index is 0.0101. The molecule has 10 nitrogen and oxygen atoms in total. The van der Waals surface area contributed by atoms with Gasteiger partial charge in [0.1, 0.15) is 11.3 Å². The highest BCUT2D eigenvalue weighted by atomic mass is 32.2. The topological polar surface area (TPSA) is 151 Å². The number of nitrogens with one attached hydrogen (secondary N) is 1. The third-order valence-electron chi connectivity index (χ3n) is 3.74. The fourth-order valence-electron chi connectivity index (χ4n) is 2.52. The Labute approximate surface area is 163 Å². The van der Waals surface area contributed by atoms with E-state index < -0.39 is 34.7 Å². The van der Waals surface area contributed by atoms with Crippen molar-refractivity contribution in [2.45, 2.75) is 32.1 Å². The van der Waals surface area contributed by atoms with Crippen LogP contribution in [0.4, 0.5) is 0 Å². The zero-order valence-corrected chi connectivity index (χ0v) is 16.0. The molecule has 0 aromatic heterocycles. The van der Waals surface area contributed by atoms with Crippen LogP contribution in [-0.4, -0.2) is 52.2 Å². The predicted molar refractivity (Wildman–Crippen MR) is 97.7 cm³/mol. The van der Waals surface area contributed by atoms with E-state index >= 15 is 0 Å². The molecule has 0 spiro atoms. The number of primary sulfonamides is 1. The fourth-order valence-corrected chi connectivity index (χ4v) is 3.07. The van der Waals surface area contributed by atoms with Crippen molar-refractivity contribution in [2.24, 2.45) is 5.14 Å². The molecule has 12 heteroatoms. The lowest BCUT2D eigenvalue weighted by Gasteiger charge is -2.26. The summed E-state index contributed by atoms with van der Waals surface area (Å²) in [7, 11) is -2.22. The Bertz CT molecular complexity index is 858. The summed E-state index contributed by atoms with van der Waals surface area (Å²) < 4.78 is 36.7. The van der Waals surface area contributed by atoms with Crippen molar-refractivity contribution >= 4 is 35.4 Å². The van der Waals surface area contributed by atoms with Gasteiger partial charge in [0.25, 0.3) is 0 Å². The molecule has 1 heterocycles. The van der Waals surface area contributed by atoms with Gasteiger partial charge in [-0.1, -0.05) is 12.1 Å². The van der Waals surface area contributed by atoms with Gasteiger partial charge in [-0.25, -0.2) is 18.4 Å². The van der Waals surface area contributed by atoms with Crippen LogP contribution >= 0.6 is 0 Å². The molecule has 1 atom stereocenters. The Kier molecular flexibility index (Phi) is 7.41. The summed E-state index contributed by atoms with van der Waals surface area (Å²) in [4.78, 5) is 34.8. The summed E-state index contributed by atoms with van der Waals surface area (Å²) >= 11 is 0. The second-order valence-electron chi connectivity index (χ2n) is 6.08. The van der Waals surface area contributed by atoms with Gasteiger partial charge in [0, 0.05) is 19.3 Å². The first kappa shape index (κ1) is 21.7. The van der Waals surface area contributed by atoms with Crippen molar-refractivity contribution in [3.63, 3.8) is 0 Å². The number of para-hydroxylation sites is 1. The monoisotopic (exact) mass is 411 g/mol. The summed E-state index contributed by atoms with van der Waals surface area (Å²) in [6, 6.07) is 4.89. The van der Waals surface area contributed by atoms with Crippen LogP contribution in [0.3, 0.4) is 0 Å². The van der Waals surface area contributed by atoms with E-state index in [1.54, 1.807) is 12.1 Å². The Morgan fingerprint density at radius 1 is 1.32 bits per heavy atom. The molecule has 0 aliphatic carbocycles. The smallest absolute Gasteiger partial charge is 0.394 e. The van der Waals surface area contributed by atoms with Crippen molar-refractivity contribution in [1.82, 2.24) is 5.32 Å². The molecular weight excluding hydrogens is 391 g/mol. The number of hydrogen-bond donors (Lipinski definition) is 2. The average Bonchev–Trinajstić information content (AvgIpc) is 2.59. The maximum atomic E-state index is 12.1. The second-order valence-corrected chi connectivity index (χ2v) is 7.82. The molecule has 1 aliphatic rings. The Balaban J connectivity index is 1.92. The van der Waals surface area contributed by atoms with Gasteiger partial charge in [0.05, 0.1) is 5.75 Å². The van der Waals surface area contributed by atoms with Crippen molar-refractivity contribution in [2.75, 3.05) is 12.5 Å². The van der Waals surface area contributed by atoms with E-state index in [0.717, 1.165) is 0 Å². The number of ether oxygens (including phenoxy) is 2. The van der Waals surface area contributed by atoms with E-state index in [4.69, 9.17) is 14.5 Å². The molecule has 0 fully saturated rings. The number of rotatable bonds is 8. The molecule has 1 unspecified atom stereocenters. The molecule has 1 aromatic carbocycles. The van der Waals surface area contributed by atoms with E-state index in [1.165, 1.54) is 20.5 Å². The molecule has 151 valence electrons. The van der Waals surface area contributed by atoms with Crippen LogP contribution in [0.15, 0.2) is 18.2 Å². The normalized spacial score (nSPS) is 15.4. The second kappa shape index (κ2) is 9.56. The summed E-state index contributed by atoms with van der Waals surface area (Å²) in [6.07, 6.45) is 0.505. The first-order valence-electron chi connectivity index (χ1n) is 8.38. The van der Waals surface area contributed by atoms with Crippen LogP contribution in [0.2, 0.25) is 0 Å². The molecule has 0 saturated carbocycles. The number of carbonyl (C=O) groups is 3. The summed E-state index contributed by atoms with van der Waals surface area (Å²) in [5.41, 5.74) is 0.845. The van der Waals surface area contributed by atoms with E-state index in [9.17, 15) is 22.8 Å². The summed E-state index contributed by atoms with van der Waals surface area (Å²) in [5.74, 6) is -2.04. The quantitative estimate of drug-likeness (QED) is 0.328. The lowest BCUT2D eigenvalue weighted by atomic mass is 9.79. The van der Waals surface area contributed by atoms with Crippen LogP contribution in [0.25, 0.3) is 0 Å². The van der Waals surface area contributed by atoms with Crippen LogP contribution in [0, 0.1) is 0 Å². The highest BCUT2D eigenvalue weighted by Crippen LogP contribution is 2.29. The minimum atomic E-state index is -3.60. The Hall–Kier alpha value is -2.60. The highest BCUT2D eigenvalue weighted by Gasteiger charge is 2.28. The van der Waals surface area contributed by atoms with Gasteiger partial charge in [0.15, 0.2) is 0 Å². The van der Waals surface area contributed by atoms with E-state index in [1.807, 2.05) is 0 Å². The first-order valence-corrected chi connectivity index (χ1v) is 10.1. The average molecular weight is 411 g/mol. The van der Waals surface area contributed by atoms with Gasteiger partial charge in [-0.05, 0) is 24.5 Å². The standard InChI is InChI=1S/C16H20BN2O8S/c1-10(20)25-9-26-16(22)12-5-2-4-11-8-13(17-27-15(11)12)19-14(21)6-3-7-28(18,23)24/h2,4-5,13H,3,6-9H2,1H3,(H,19,21)(H2,18,23,24). The van der Waals surface area contributed by atoms with Gasteiger partial charge < -0.3 is 19.4 Å². The fraction of sp³-hybridized carbons (Fsp3) is 0.438. The lowest BCUT2D eigenvalue weighted by Crippen LogP contribution is -2.45. The number of carbonyl (C=O) groups excluding carboxylic acids is 3. The lowest BCUT2D eigenvalue weighted by molar-refractivity contribution is -0.149. The van der Waals surface area contributed by atoms with Gasteiger partial charge in [-0.3, -0.25) is 9.59 Å². The van der Waals surface area contributed by atoms with Crippen LogP contribution in [-0.2, 0) is 35.5 Å². The molecular formula is C16H20BN2O8S. The predicted octanol–water partition coefficient (Wildman–Crippen LogP) is -0.571. The highest BCUT2D eigenvalue weighted by molar-refractivity contribution is 7.89. The van der Waals surface area contributed by atoms with Gasteiger partial charge in [-0.2, -0.15) is 0 Å². The van der Waals surface area contributed by atoms with Crippen LogP contribution < -0.4 is 15.1 Å². The maximum Gasteiger partial charge on any atom is 0.394 e. The van der Waals surface area contributed by atoms with E-state index in [0.29, 0.717) is 17.7 Å². The zero-order chi connectivity index (χ0) is 20.7. The van der Waals surface area contributed by atoms with Crippen molar-refractivity contribution < 1.29 is 36.9 Å². The molecule has 3 N–H and O–H groups in total. The zero-order valence-electron chi connectivity index (χ0n) is 15.2. The van der Waals surface area contributed by atoms with Gasteiger partial charge in [0.2, 0.25) is 22.7 Å². The molecule has 1 radical (unpaired) electrons. The Morgan fingerprint density at radius 2 is 2.07 bits per heavy atom. The van der Waals surface area contributed by atoms with E-state index in [-0.39, 0.29) is 30.1 Å². The van der Waals surface area contributed by atoms with Gasteiger partial charge >= 0.3 is 19.4 Å². The van der Waals surface area contributed by atoms with Crippen molar-refractivity contribution in [3.05, 3.63) is 29.3 Å². The van der Waals surface area contributed by atoms with Crippen LogP contribution in [0.5, 0.6) is 5.75 Å². The molecule has 0 bridgehead atoms. The van der Waals surface area contributed by atoms with Crippen LogP contribution in [0.1, 0.15) is 35.7 Å². The number of esters is 2. The number of fused-ring (bicyclic) bond motifs is 1. The number of sulfonamides is 1. The number of amides is 1. The Morgan fingerprint density at radius 3 is 2.75 bits per heavy atom. The van der Waals surface area contributed by atoms with Crippen molar-refractivity contribution in [1.29, 1.82) is 0 Å². The summed E-state index contributed by atoms with van der Waals surface area (Å²) in [6.45, 7) is 0.693. The van der Waals surface area contributed by atoms with E-state index in [2.05, 4.69) is 10.1 Å². The molecule has 1 amide bonds.